The Balaban J connectivity index is 1.72. The maximum absolute atomic E-state index is 13.0. The number of thiophene rings is 1. The summed E-state index contributed by atoms with van der Waals surface area (Å²) < 4.78 is 0.646. The summed E-state index contributed by atoms with van der Waals surface area (Å²) in [6.45, 7) is 1.90. The van der Waals surface area contributed by atoms with Gasteiger partial charge in [0.1, 0.15) is 16.2 Å². The van der Waals surface area contributed by atoms with Crippen LogP contribution in [0.3, 0.4) is 0 Å². The predicted octanol–water partition coefficient (Wildman–Crippen LogP) is 3.95. The van der Waals surface area contributed by atoms with Gasteiger partial charge >= 0.3 is 0 Å². The Bertz CT molecular complexity index is 1150. The van der Waals surface area contributed by atoms with Gasteiger partial charge in [-0.3, -0.25) is 4.79 Å². The molecule has 1 atom stereocenters. The summed E-state index contributed by atoms with van der Waals surface area (Å²) >= 11 is 7.62. The molecule has 138 valence electrons. The fourth-order valence-electron chi connectivity index (χ4n) is 3.68. The van der Waals surface area contributed by atoms with Gasteiger partial charge in [-0.15, -0.1) is 11.3 Å². The van der Waals surface area contributed by atoms with E-state index in [0.29, 0.717) is 15.7 Å². The zero-order valence-electron chi connectivity index (χ0n) is 14.4. The standard InChI is InChI=1S/C19H18ClN5OS/c20-14-8-11-16(22-10-4-3-7-21-9-10)15(18(26)25-19(11)27-14)17-23-12-5-1-2-6-13(12)24-17/h1-2,5-6,8,10,21H,3-4,7,9H2,(H,23,24)(H2,22,25,26)/t10-/m0/s1. The van der Waals surface area contributed by atoms with Crippen LogP contribution in [0.15, 0.2) is 35.1 Å². The normalized spacial score (nSPS) is 17.6. The zero-order chi connectivity index (χ0) is 18.4. The van der Waals surface area contributed by atoms with E-state index < -0.39 is 0 Å². The number of halogens is 1. The van der Waals surface area contributed by atoms with Crippen LogP contribution in [-0.2, 0) is 0 Å². The summed E-state index contributed by atoms with van der Waals surface area (Å²) in [4.78, 5) is 24.6. The third-order valence-corrected chi connectivity index (χ3v) is 6.13. The van der Waals surface area contributed by atoms with Crippen molar-refractivity contribution in [1.82, 2.24) is 20.3 Å². The fraction of sp³-hybridized carbons (Fsp3) is 0.263. The first-order chi connectivity index (χ1) is 13.2. The lowest BCUT2D eigenvalue weighted by Gasteiger charge is -2.26. The lowest BCUT2D eigenvalue weighted by molar-refractivity contribution is 0.480. The highest BCUT2D eigenvalue weighted by Crippen LogP contribution is 2.37. The Hall–Kier alpha value is -2.35. The molecular formula is C19H18ClN5OS. The van der Waals surface area contributed by atoms with Crippen molar-refractivity contribution < 1.29 is 0 Å². The van der Waals surface area contributed by atoms with E-state index >= 15 is 0 Å². The molecule has 4 heterocycles. The Morgan fingerprint density at radius 3 is 2.96 bits per heavy atom. The lowest BCUT2D eigenvalue weighted by Crippen LogP contribution is -2.38. The minimum atomic E-state index is -0.175. The van der Waals surface area contributed by atoms with Crippen molar-refractivity contribution >= 4 is 49.9 Å². The van der Waals surface area contributed by atoms with Gasteiger partial charge in [0.25, 0.3) is 5.56 Å². The van der Waals surface area contributed by atoms with Crippen LogP contribution >= 0.6 is 22.9 Å². The van der Waals surface area contributed by atoms with Crippen LogP contribution in [0.25, 0.3) is 32.6 Å². The molecule has 0 amide bonds. The van der Waals surface area contributed by atoms with Crippen LogP contribution in [0.4, 0.5) is 5.69 Å². The number of piperidine rings is 1. The van der Waals surface area contributed by atoms with Gasteiger partial charge in [-0.1, -0.05) is 23.7 Å². The molecule has 0 aliphatic carbocycles. The van der Waals surface area contributed by atoms with Gasteiger partial charge in [0, 0.05) is 18.0 Å². The number of imidazole rings is 1. The maximum Gasteiger partial charge on any atom is 0.262 e. The number of anilines is 1. The molecule has 27 heavy (non-hydrogen) atoms. The number of pyridine rings is 1. The fourth-order valence-corrected chi connectivity index (χ4v) is 4.81. The molecular weight excluding hydrogens is 382 g/mol. The van der Waals surface area contributed by atoms with Gasteiger partial charge in [0.2, 0.25) is 0 Å². The topological polar surface area (TPSA) is 85.6 Å². The second-order valence-corrected chi connectivity index (χ2v) is 8.47. The molecule has 0 radical (unpaired) electrons. The summed E-state index contributed by atoms with van der Waals surface area (Å²) in [5.41, 5.74) is 2.89. The first-order valence-electron chi connectivity index (χ1n) is 8.97. The van der Waals surface area contributed by atoms with Crippen LogP contribution < -0.4 is 16.2 Å². The molecule has 1 fully saturated rings. The molecule has 0 bridgehead atoms. The highest BCUT2D eigenvalue weighted by Gasteiger charge is 2.22. The second-order valence-electron chi connectivity index (χ2n) is 6.79. The van der Waals surface area contributed by atoms with E-state index in [-0.39, 0.29) is 11.6 Å². The van der Waals surface area contributed by atoms with E-state index in [1.54, 1.807) is 0 Å². The van der Waals surface area contributed by atoms with E-state index in [4.69, 9.17) is 11.6 Å². The van der Waals surface area contributed by atoms with Crippen molar-refractivity contribution in [2.45, 2.75) is 18.9 Å². The van der Waals surface area contributed by atoms with Gasteiger partial charge in [-0.25, -0.2) is 4.98 Å². The van der Waals surface area contributed by atoms with Gasteiger partial charge < -0.3 is 20.6 Å². The summed E-state index contributed by atoms with van der Waals surface area (Å²) in [5.74, 6) is 0.563. The van der Waals surface area contributed by atoms with Gasteiger partial charge in [-0.05, 0) is 37.6 Å². The Morgan fingerprint density at radius 2 is 2.15 bits per heavy atom. The van der Waals surface area contributed by atoms with E-state index in [1.807, 2.05) is 30.3 Å². The quantitative estimate of drug-likeness (QED) is 0.420. The number of H-pyrrole nitrogens is 2. The molecule has 1 aliphatic rings. The SMILES string of the molecule is O=c1[nH]c2sc(Cl)cc2c(N[C@H]2CCCNC2)c1-c1nc2ccccc2[nH]1. The van der Waals surface area contributed by atoms with Crippen LogP contribution in [0.1, 0.15) is 12.8 Å². The minimum absolute atomic E-state index is 0.175. The first-order valence-corrected chi connectivity index (χ1v) is 10.2. The molecule has 0 spiro atoms. The summed E-state index contributed by atoms with van der Waals surface area (Å²) in [6, 6.07) is 9.93. The van der Waals surface area contributed by atoms with Crippen molar-refractivity contribution in [3.63, 3.8) is 0 Å². The van der Waals surface area contributed by atoms with Gasteiger partial charge in [-0.2, -0.15) is 0 Å². The third kappa shape index (κ3) is 3.01. The summed E-state index contributed by atoms with van der Waals surface area (Å²) in [5, 5.41) is 7.93. The summed E-state index contributed by atoms with van der Waals surface area (Å²) in [6.07, 6.45) is 2.16. The van der Waals surface area contributed by atoms with E-state index in [2.05, 4.69) is 25.6 Å². The molecule has 5 rings (SSSR count). The average molecular weight is 400 g/mol. The predicted molar refractivity (Wildman–Crippen MR) is 112 cm³/mol. The number of fused-ring (bicyclic) bond motifs is 2. The van der Waals surface area contributed by atoms with Crippen molar-refractivity contribution in [1.29, 1.82) is 0 Å². The average Bonchev–Trinajstić information content (AvgIpc) is 3.25. The molecule has 0 saturated carbocycles. The molecule has 0 unspecified atom stereocenters. The van der Waals surface area contributed by atoms with Crippen molar-refractivity contribution in [2.75, 3.05) is 18.4 Å². The highest BCUT2D eigenvalue weighted by molar-refractivity contribution is 7.22. The van der Waals surface area contributed by atoms with Crippen molar-refractivity contribution in [3.8, 4) is 11.4 Å². The number of nitrogens with zero attached hydrogens (tertiary/aromatic N) is 1. The highest BCUT2D eigenvalue weighted by atomic mass is 35.5. The van der Waals surface area contributed by atoms with Crippen LogP contribution in [-0.4, -0.2) is 34.1 Å². The Morgan fingerprint density at radius 1 is 1.26 bits per heavy atom. The molecule has 1 saturated heterocycles. The largest absolute Gasteiger partial charge is 0.380 e. The number of aromatic nitrogens is 3. The molecule has 1 aliphatic heterocycles. The number of hydrogen-bond donors (Lipinski definition) is 4. The van der Waals surface area contributed by atoms with Crippen LogP contribution in [0, 0.1) is 0 Å². The second kappa shape index (κ2) is 6.67. The smallest absolute Gasteiger partial charge is 0.262 e. The van der Waals surface area contributed by atoms with Crippen molar-refractivity contribution in [3.05, 3.63) is 45.0 Å². The lowest BCUT2D eigenvalue weighted by atomic mass is 10.1. The maximum atomic E-state index is 13.0. The molecule has 4 N–H and O–H groups in total. The van der Waals surface area contributed by atoms with Crippen LogP contribution in [0.5, 0.6) is 0 Å². The summed E-state index contributed by atoms with van der Waals surface area (Å²) in [7, 11) is 0. The number of aromatic amines is 2. The third-order valence-electron chi connectivity index (χ3n) is 4.95. The monoisotopic (exact) mass is 399 g/mol. The van der Waals surface area contributed by atoms with Gasteiger partial charge in [0.15, 0.2) is 0 Å². The first kappa shape index (κ1) is 16.8. The number of para-hydroxylation sites is 2. The minimum Gasteiger partial charge on any atom is -0.380 e. The van der Waals surface area contributed by atoms with E-state index in [0.717, 1.165) is 52.9 Å². The number of rotatable bonds is 3. The van der Waals surface area contributed by atoms with E-state index in [1.165, 1.54) is 11.3 Å². The zero-order valence-corrected chi connectivity index (χ0v) is 16.0. The molecule has 8 heteroatoms. The number of hydrogen-bond acceptors (Lipinski definition) is 5. The molecule has 6 nitrogen and oxygen atoms in total. The number of nitrogens with one attached hydrogen (secondary N) is 4. The molecule has 1 aromatic carbocycles. The van der Waals surface area contributed by atoms with Gasteiger partial charge in [0.05, 0.1) is 21.1 Å². The Labute approximate surface area is 164 Å². The van der Waals surface area contributed by atoms with E-state index in [9.17, 15) is 4.79 Å². The van der Waals surface area contributed by atoms with Crippen LogP contribution in [0.2, 0.25) is 4.34 Å². The number of benzene rings is 1. The van der Waals surface area contributed by atoms with Crippen molar-refractivity contribution in [2.24, 2.45) is 0 Å². The molecule has 4 aromatic rings. The molecule has 3 aromatic heterocycles. The Kier molecular flexibility index (Phi) is 4.15.